The topological polar surface area (TPSA) is 24.5 Å². The zero-order chi connectivity index (χ0) is 18.7. The summed E-state index contributed by atoms with van der Waals surface area (Å²) in [5.41, 5.74) is 1.99. The van der Waals surface area contributed by atoms with Crippen LogP contribution in [0.5, 0.6) is 5.75 Å². The molecule has 8 heteroatoms. The maximum Gasteiger partial charge on any atom is 0.573 e. The largest absolute Gasteiger partial charge is 0.573 e. The molecule has 1 heterocycles. The minimum Gasteiger partial charge on any atom is -0.406 e. The van der Waals surface area contributed by atoms with E-state index in [1.807, 2.05) is 18.2 Å². The summed E-state index contributed by atoms with van der Waals surface area (Å²) in [5.74, 6) is -0.212. The first-order valence-electron chi connectivity index (χ1n) is 8.08. The van der Waals surface area contributed by atoms with E-state index in [1.54, 1.807) is 12.1 Å². The fourth-order valence-electron chi connectivity index (χ4n) is 3.14. The molecular formula is C18H17Br2F3N2O. The van der Waals surface area contributed by atoms with Crippen molar-refractivity contribution in [3.63, 3.8) is 0 Å². The molecule has 1 aliphatic heterocycles. The smallest absolute Gasteiger partial charge is 0.406 e. The summed E-state index contributed by atoms with van der Waals surface area (Å²) in [6.07, 6.45) is -4.69. The maximum atomic E-state index is 12.4. The molecule has 0 radical (unpaired) electrons. The van der Waals surface area contributed by atoms with Gasteiger partial charge in [0.15, 0.2) is 0 Å². The Morgan fingerprint density at radius 2 is 1.50 bits per heavy atom. The Morgan fingerprint density at radius 1 is 0.923 bits per heavy atom. The average Bonchev–Trinajstić information content (AvgIpc) is 2.55. The van der Waals surface area contributed by atoms with Crippen LogP contribution in [0.2, 0.25) is 0 Å². The molecule has 1 N–H and O–H groups in total. The van der Waals surface area contributed by atoms with E-state index in [1.165, 1.54) is 12.1 Å². The van der Waals surface area contributed by atoms with Gasteiger partial charge >= 0.3 is 6.36 Å². The van der Waals surface area contributed by atoms with Gasteiger partial charge in [0.1, 0.15) is 5.75 Å². The number of rotatable bonds is 4. The van der Waals surface area contributed by atoms with Gasteiger partial charge in [-0.3, -0.25) is 4.90 Å². The van der Waals surface area contributed by atoms with E-state index in [2.05, 4.69) is 46.8 Å². The van der Waals surface area contributed by atoms with Crippen LogP contribution in [0.3, 0.4) is 0 Å². The van der Waals surface area contributed by atoms with E-state index in [0.29, 0.717) is 0 Å². The van der Waals surface area contributed by atoms with E-state index in [4.69, 9.17) is 0 Å². The summed E-state index contributed by atoms with van der Waals surface area (Å²) in [4.78, 5) is 2.32. The Hall–Kier alpha value is -1.09. The highest BCUT2D eigenvalue weighted by Gasteiger charge is 2.31. The van der Waals surface area contributed by atoms with Gasteiger partial charge in [-0.15, -0.1) is 13.2 Å². The van der Waals surface area contributed by atoms with Gasteiger partial charge < -0.3 is 10.1 Å². The lowest BCUT2D eigenvalue weighted by molar-refractivity contribution is -0.274. The predicted molar refractivity (Wildman–Crippen MR) is 101 cm³/mol. The molecular weight excluding hydrogens is 477 g/mol. The van der Waals surface area contributed by atoms with E-state index in [0.717, 1.165) is 46.3 Å². The van der Waals surface area contributed by atoms with Crippen LogP contribution in [0.1, 0.15) is 17.2 Å². The van der Waals surface area contributed by atoms with Crippen molar-refractivity contribution in [3.05, 3.63) is 62.5 Å². The predicted octanol–water partition coefficient (Wildman–Crippen LogP) is 5.10. The lowest BCUT2D eigenvalue weighted by Crippen LogP contribution is -2.45. The van der Waals surface area contributed by atoms with Crippen LogP contribution < -0.4 is 10.1 Å². The minimum absolute atomic E-state index is 0.0502. The summed E-state index contributed by atoms with van der Waals surface area (Å²) in [6, 6.07) is 12.1. The van der Waals surface area contributed by atoms with Crippen molar-refractivity contribution in [2.24, 2.45) is 0 Å². The molecule has 140 valence electrons. The van der Waals surface area contributed by atoms with Crippen molar-refractivity contribution < 1.29 is 17.9 Å². The van der Waals surface area contributed by atoms with Gasteiger partial charge in [-0.25, -0.2) is 0 Å². The fourth-order valence-corrected chi connectivity index (χ4v) is 4.47. The standard InChI is InChI=1S/C18H17Br2F3N2O/c19-14-9-13(10-15(20)11-14)17(25-7-5-24-6-8-25)12-1-3-16(4-2-12)26-18(21,22)23/h1-4,9-11,17,24H,5-8H2/t17-/m1/s1. The van der Waals surface area contributed by atoms with Crippen molar-refractivity contribution in [1.82, 2.24) is 10.2 Å². The molecule has 26 heavy (non-hydrogen) atoms. The Morgan fingerprint density at radius 3 is 2.04 bits per heavy atom. The quantitative estimate of drug-likeness (QED) is 0.640. The van der Waals surface area contributed by atoms with E-state index in [-0.39, 0.29) is 11.8 Å². The minimum atomic E-state index is -4.69. The normalized spacial score (nSPS) is 17.1. The zero-order valence-corrected chi connectivity index (χ0v) is 16.9. The number of piperazine rings is 1. The van der Waals surface area contributed by atoms with Gasteiger partial charge in [-0.1, -0.05) is 44.0 Å². The van der Waals surface area contributed by atoms with Gasteiger partial charge in [0.2, 0.25) is 0 Å². The van der Waals surface area contributed by atoms with Gasteiger partial charge in [0, 0.05) is 35.1 Å². The highest BCUT2D eigenvalue weighted by Crippen LogP contribution is 2.34. The first-order chi connectivity index (χ1) is 12.3. The number of benzene rings is 2. The maximum absolute atomic E-state index is 12.4. The first-order valence-corrected chi connectivity index (χ1v) is 9.67. The van der Waals surface area contributed by atoms with Gasteiger partial charge in [0.05, 0.1) is 6.04 Å². The third kappa shape index (κ3) is 5.22. The second-order valence-electron chi connectivity index (χ2n) is 6.01. The van der Waals surface area contributed by atoms with E-state index >= 15 is 0 Å². The molecule has 1 saturated heterocycles. The van der Waals surface area contributed by atoms with Crippen LogP contribution in [0.15, 0.2) is 51.4 Å². The second-order valence-corrected chi connectivity index (χ2v) is 7.84. The third-order valence-corrected chi connectivity index (χ3v) is 5.06. The van der Waals surface area contributed by atoms with Crippen LogP contribution in [0, 0.1) is 0 Å². The van der Waals surface area contributed by atoms with Crippen molar-refractivity contribution in [3.8, 4) is 5.75 Å². The van der Waals surface area contributed by atoms with Gasteiger partial charge in [0.25, 0.3) is 0 Å². The van der Waals surface area contributed by atoms with Gasteiger partial charge in [-0.2, -0.15) is 0 Å². The zero-order valence-electron chi connectivity index (χ0n) is 13.7. The highest BCUT2D eigenvalue weighted by atomic mass is 79.9. The molecule has 0 spiro atoms. The monoisotopic (exact) mass is 492 g/mol. The molecule has 0 bridgehead atoms. The van der Waals surface area contributed by atoms with Crippen LogP contribution in [-0.2, 0) is 0 Å². The molecule has 1 atom stereocenters. The summed E-state index contributed by atoms with van der Waals surface area (Å²) in [6.45, 7) is 3.47. The Bertz CT molecular complexity index is 727. The molecule has 3 rings (SSSR count). The lowest BCUT2D eigenvalue weighted by Gasteiger charge is -2.35. The Labute approximate surface area is 166 Å². The van der Waals surface area contributed by atoms with Crippen LogP contribution >= 0.6 is 31.9 Å². The Kier molecular flexibility index (Phi) is 6.27. The summed E-state index contributed by atoms with van der Waals surface area (Å²) >= 11 is 7.03. The fraction of sp³-hybridized carbons (Fsp3) is 0.333. The van der Waals surface area contributed by atoms with Crippen LogP contribution in [0.25, 0.3) is 0 Å². The number of alkyl halides is 3. The summed E-state index contributed by atoms with van der Waals surface area (Å²) in [7, 11) is 0. The molecule has 0 saturated carbocycles. The number of nitrogens with zero attached hydrogens (tertiary/aromatic N) is 1. The second kappa shape index (κ2) is 8.29. The molecule has 3 nitrogen and oxygen atoms in total. The van der Waals surface area contributed by atoms with Crippen LogP contribution in [0.4, 0.5) is 13.2 Å². The summed E-state index contributed by atoms with van der Waals surface area (Å²) in [5, 5.41) is 3.32. The number of hydrogen-bond acceptors (Lipinski definition) is 3. The summed E-state index contributed by atoms with van der Waals surface area (Å²) < 4.78 is 43.1. The van der Waals surface area contributed by atoms with Crippen molar-refractivity contribution >= 4 is 31.9 Å². The SMILES string of the molecule is FC(F)(F)Oc1ccc([C@H](c2cc(Br)cc(Br)c2)N2CCNCC2)cc1. The van der Waals surface area contributed by atoms with Crippen molar-refractivity contribution in [2.75, 3.05) is 26.2 Å². The van der Waals surface area contributed by atoms with Crippen molar-refractivity contribution in [1.29, 1.82) is 0 Å². The number of ether oxygens (including phenoxy) is 1. The molecule has 0 aliphatic carbocycles. The molecule has 0 aromatic heterocycles. The lowest BCUT2D eigenvalue weighted by atomic mass is 9.96. The van der Waals surface area contributed by atoms with Gasteiger partial charge in [-0.05, 0) is 41.5 Å². The molecule has 1 aliphatic rings. The molecule has 0 amide bonds. The number of hydrogen-bond donors (Lipinski definition) is 1. The number of halogens is 5. The molecule has 0 unspecified atom stereocenters. The number of nitrogens with one attached hydrogen (secondary N) is 1. The molecule has 1 fully saturated rings. The van der Waals surface area contributed by atoms with E-state index < -0.39 is 6.36 Å². The average molecular weight is 494 g/mol. The molecule has 2 aromatic carbocycles. The highest BCUT2D eigenvalue weighted by molar-refractivity contribution is 9.11. The van der Waals surface area contributed by atoms with Crippen LogP contribution in [-0.4, -0.2) is 37.4 Å². The van der Waals surface area contributed by atoms with E-state index in [9.17, 15) is 13.2 Å². The first kappa shape index (κ1) is 19.7. The molecule has 2 aromatic rings. The third-order valence-electron chi connectivity index (χ3n) is 4.15. The van der Waals surface area contributed by atoms with Crippen molar-refractivity contribution in [2.45, 2.75) is 12.4 Å². The Balaban J connectivity index is 1.94.